The van der Waals surface area contributed by atoms with Crippen molar-refractivity contribution in [3.05, 3.63) is 71.8 Å². The number of carbonyl (C=O) groups is 2. The van der Waals surface area contributed by atoms with Crippen LogP contribution in [0.25, 0.3) is 0 Å². The molecule has 0 aliphatic carbocycles. The number of nitrogens with zero attached hydrogens (tertiary/aromatic N) is 2. The lowest BCUT2D eigenvalue weighted by Gasteiger charge is -2.36. The molecule has 0 atom stereocenters. The molecule has 2 aliphatic heterocycles. The van der Waals surface area contributed by atoms with Crippen molar-refractivity contribution in [2.24, 2.45) is 5.41 Å². The van der Waals surface area contributed by atoms with Crippen molar-refractivity contribution in [3.8, 4) is 0 Å². The van der Waals surface area contributed by atoms with Crippen molar-refractivity contribution >= 4 is 11.8 Å². The molecule has 176 valence electrons. The average molecular weight is 449 g/mol. The van der Waals surface area contributed by atoms with Crippen LogP contribution in [0.1, 0.15) is 63.2 Å². The van der Waals surface area contributed by atoms with Crippen LogP contribution in [0.15, 0.2) is 60.7 Å². The van der Waals surface area contributed by atoms with Gasteiger partial charge in [-0.1, -0.05) is 74.5 Å². The smallest absolute Gasteiger partial charge is 0.229 e. The minimum absolute atomic E-state index is 0.0174. The molecule has 2 amide bonds. The second-order valence-corrected chi connectivity index (χ2v) is 10.2. The van der Waals surface area contributed by atoms with Gasteiger partial charge in [-0.15, -0.1) is 0 Å². The van der Waals surface area contributed by atoms with Crippen LogP contribution in [-0.4, -0.2) is 53.9 Å². The summed E-state index contributed by atoms with van der Waals surface area (Å²) in [5.74, 6) is -0.0348. The molecule has 2 aromatic carbocycles. The number of likely N-dealkylation sites (tertiary alicyclic amines) is 2. The number of carbonyl (C=O) groups excluding carboxylic acids is 2. The molecule has 0 bridgehead atoms. The van der Waals surface area contributed by atoms with Crippen LogP contribution in [0, 0.1) is 5.41 Å². The summed E-state index contributed by atoms with van der Waals surface area (Å²) in [6.45, 7) is 7.40. The molecule has 5 heteroatoms. The Kier molecular flexibility index (Phi) is 7.61. The summed E-state index contributed by atoms with van der Waals surface area (Å²) in [4.78, 5) is 28.6. The van der Waals surface area contributed by atoms with Gasteiger partial charge < -0.3 is 9.64 Å². The predicted octanol–water partition coefficient (Wildman–Crippen LogP) is 4.82. The van der Waals surface area contributed by atoms with Gasteiger partial charge in [-0.3, -0.25) is 14.5 Å². The van der Waals surface area contributed by atoms with Crippen LogP contribution in [0.4, 0.5) is 0 Å². The van der Waals surface area contributed by atoms with E-state index in [1.807, 2.05) is 26.0 Å². The van der Waals surface area contributed by atoms with Crippen LogP contribution >= 0.6 is 0 Å². The minimum Gasteiger partial charge on any atom is -0.365 e. The first-order valence-corrected chi connectivity index (χ1v) is 12.2. The zero-order valence-electron chi connectivity index (χ0n) is 19.9. The van der Waals surface area contributed by atoms with E-state index in [0.717, 1.165) is 38.9 Å². The number of amides is 2. The molecule has 2 aliphatic rings. The molecule has 2 heterocycles. The standard InChI is InChI=1S/C28H36N2O3/c1-28(2)20-25(31)30(26(32)21-28)17-9-16-29-18-14-24(15-19-29)33-27(22-10-5-3-6-11-22)23-12-7-4-8-13-23/h3-8,10-13,24,27H,9,14-21H2,1-2H3. The van der Waals surface area contributed by atoms with E-state index in [9.17, 15) is 9.59 Å². The van der Waals surface area contributed by atoms with Gasteiger partial charge >= 0.3 is 0 Å². The number of hydrogen-bond acceptors (Lipinski definition) is 4. The average Bonchev–Trinajstić information content (AvgIpc) is 2.80. The third-order valence-corrected chi connectivity index (χ3v) is 6.79. The van der Waals surface area contributed by atoms with Crippen LogP contribution in [0.2, 0.25) is 0 Å². The quantitative estimate of drug-likeness (QED) is 0.543. The zero-order valence-corrected chi connectivity index (χ0v) is 19.9. The highest BCUT2D eigenvalue weighted by Crippen LogP contribution is 2.32. The lowest BCUT2D eigenvalue weighted by atomic mass is 9.82. The maximum Gasteiger partial charge on any atom is 0.229 e. The molecule has 4 rings (SSSR count). The molecule has 0 unspecified atom stereocenters. The van der Waals surface area contributed by atoms with Crippen LogP contribution < -0.4 is 0 Å². The maximum atomic E-state index is 12.4. The second-order valence-electron chi connectivity index (χ2n) is 10.2. The van der Waals surface area contributed by atoms with E-state index in [2.05, 4.69) is 53.4 Å². The van der Waals surface area contributed by atoms with Gasteiger partial charge in [0.05, 0.1) is 6.10 Å². The van der Waals surface area contributed by atoms with Crippen LogP contribution in [-0.2, 0) is 14.3 Å². The van der Waals surface area contributed by atoms with E-state index in [-0.39, 0.29) is 29.4 Å². The Morgan fingerprint density at radius 1 is 0.848 bits per heavy atom. The maximum absolute atomic E-state index is 12.4. The molecular weight excluding hydrogens is 412 g/mol. The predicted molar refractivity (Wildman–Crippen MR) is 130 cm³/mol. The van der Waals surface area contributed by atoms with Gasteiger partial charge in [-0.2, -0.15) is 0 Å². The highest BCUT2D eigenvalue weighted by atomic mass is 16.5. The molecule has 33 heavy (non-hydrogen) atoms. The number of rotatable bonds is 8. The van der Waals surface area contributed by atoms with Crippen LogP contribution in [0.5, 0.6) is 0 Å². The van der Waals surface area contributed by atoms with Gasteiger partial charge in [0.25, 0.3) is 0 Å². The largest absolute Gasteiger partial charge is 0.365 e. The van der Waals surface area contributed by atoms with E-state index in [0.29, 0.717) is 19.4 Å². The van der Waals surface area contributed by atoms with Crippen molar-refractivity contribution in [2.45, 2.75) is 58.2 Å². The van der Waals surface area contributed by atoms with Crippen molar-refractivity contribution < 1.29 is 14.3 Å². The third kappa shape index (κ3) is 6.30. The Balaban J connectivity index is 1.25. The van der Waals surface area contributed by atoms with E-state index in [1.165, 1.54) is 16.0 Å². The normalized spacial score (nSPS) is 19.9. The molecule has 2 saturated heterocycles. The Labute approximate surface area is 197 Å². The summed E-state index contributed by atoms with van der Waals surface area (Å²) < 4.78 is 6.63. The lowest BCUT2D eigenvalue weighted by molar-refractivity contribution is -0.152. The SMILES string of the molecule is CC1(C)CC(=O)N(CCCN2CCC(OC(c3ccccc3)c3ccccc3)CC2)C(=O)C1. The molecule has 5 nitrogen and oxygen atoms in total. The summed E-state index contributed by atoms with van der Waals surface area (Å²) in [5.41, 5.74) is 2.17. The topological polar surface area (TPSA) is 49.9 Å². The van der Waals surface area contributed by atoms with Crippen molar-refractivity contribution in [1.29, 1.82) is 0 Å². The highest BCUT2D eigenvalue weighted by Gasteiger charge is 2.37. The third-order valence-electron chi connectivity index (χ3n) is 6.79. The number of benzene rings is 2. The van der Waals surface area contributed by atoms with Crippen LogP contribution in [0.3, 0.4) is 0 Å². The van der Waals surface area contributed by atoms with Crippen molar-refractivity contribution in [1.82, 2.24) is 9.80 Å². The van der Waals surface area contributed by atoms with Crippen molar-refractivity contribution in [2.75, 3.05) is 26.2 Å². The number of ether oxygens (including phenoxy) is 1. The summed E-state index contributed by atoms with van der Waals surface area (Å²) in [5, 5.41) is 0. The number of piperidine rings is 2. The molecule has 0 aromatic heterocycles. The van der Waals surface area contributed by atoms with Gasteiger partial charge in [-0.05, 0) is 42.3 Å². The fourth-order valence-electron chi connectivity index (χ4n) is 4.98. The molecular formula is C28H36N2O3. The van der Waals surface area contributed by atoms with Gasteiger partial charge in [0, 0.05) is 32.5 Å². The van der Waals surface area contributed by atoms with E-state index < -0.39 is 0 Å². The molecule has 0 radical (unpaired) electrons. The molecule has 2 fully saturated rings. The van der Waals surface area contributed by atoms with E-state index in [4.69, 9.17) is 4.74 Å². The Hall–Kier alpha value is -2.50. The monoisotopic (exact) mass is 448 g/mol. The Bertz CT molecular complexity index is 861. The fraction of sp³-hybridized carbons (Fsp3) is 0.500. The summed E-state index contributed by atoms with van der Waals surface area (Å²) in [7, 11) is 0. The summed E-state index contributed by atoms with van der Waals surface area (Å²) >= 11 is 0. The zero-order chi connectivity index (χ0) is 23.3. The fourth-order valence-corrected chi connectivity index (χ4v) is 4.98. The summed E-state index contributed by atoms with van der Waals surface area (Å²) in [6, 6.07) is 20.9. The first-order valence-electron chi connectivity index (χ1n) is 12.2. The van der Waals surface area contributed by atoms with Crippen molar-refractivity contribution in [3.63, 3.8) is 0 Å². The number of imide groups is 1. The Morgan fingerprint density at radius 3 is 1.88 bits per heavy atom. The first-order chi connectivity index (χ1) is 15.9. The molecule has 0 spiro atoms. The first kappa shape index (κ1) is 23.7. The number of hydrogen-bond donors (Lipinski definition) is 0. The molecule has 0 N–H and O–H groups in total. The van der Waals surface area contributed by atoms with Gasteiger partial charge in [0.2, 0.25) is 11.8 Å². The lowest BCUT2D eigenvalue weighted by Crippen LogP contribution is -2.47. The summed E-state index contributed by atoms with van der Waals surface area (Å²) in [6.07, 6.45) is 3.91. The molecule has 0 saturated carbocycles. The van der Waals surface area contributed by atoms with Gasteiger partial charge in [0.1, 0.15) is 6.10 Å². The minimum atomic E-state index is -0.204. The van der Waals surface area contributed by atoms with Gasteiger partial charge in [0.15, 0.2) is 0 Å². The molecule has 2 aromatic rings. The second kappa shape index (κ2) is 10.6. The van der Waals surface area contributed by atoms with E-state index >= 15 is 0 Å². The van der Waals surface area contributed by atoms with Gasteiger partial charge in [-0.25, -0.2) is 0 Å². The van der Waals surface area contributed by atoms with E-state index in [1.54, 1.807) is 0 Å². The Morgan fingerprint density at radius 2 is 1.36 bits per heavy atom. The highest BCUT2D eigenvalue weighted by molar-refractivity contribution is 5.98.